The first-order chi connectivity index (χ1) is 18.7. The van der Waals surface area contributed by atoms with Crippen LogP contribution in [0, 0.1) is 13.8 Å². The maximum absolute atomic E-state index is 6.22. The van der Waals surface area contributed by atoms with Crippen molar-refractivity contribution >= 4 is 11.8 Å². The number of nitrogens with zero attached hydrogens (tertiary/aromatic N) is 2. The van der Waals surface area contributed by atoms with Gasteiger partial charge in [0.25, 0.3) is 0 Å². The highest BCUT2D eigenvalue weighted by atomic mass is 16.5. The van der Waals surface area contributed by atoms with Gasteiger partial charge in [0.1, 0.15) is 13.2 Å². The van der Waals surface area contributed by atoms with Gasteiger partial charge in [-0.05, 0) is 72.2 Å². The van der Waals surface area contributed by atoms with Crippen molar-refractivity contribution in [3.05, 3.63) is 130 Å². The second kappa shape index (κ2) is 10.7. The van der Waals surface area contributed by atoms with Crippen LogP contribution >= 0.6 is 0 Å². The molecular weight excluding hydrogens is 468 g/mol. The van der Waals surface area contributed by atoms with Crippen LogP contribution in [-0.4, -0.2) is 37.1 Å². The lowest BCUT2D eigenvalue weighted by Gasteiger charge is -2.18. The third kappa shape index (κ3) is 4.99. The zero-order valence-electron chi connectivity index (χ0n) is 21.9. The molecule has 4 aromatic carbocycles. The van der Waals surface area contributed by atoms with Gasteiger partial charge in [0.2, 0.25) is 11.8 Å². The molecule has 6 rings (SSSR count). The quantitative estimate of drug-likeness (QED) is 0.282. The minimum absolute atomic E-state index is 0.110. The van der Waals surface area contributed by atoms with E-state index in [1.54, 1.807) is 0 Å². The summed E-state index contributed by atoms with van der Waals surface area (Å²) in [6.07, 6.45) is 1.74. The molecule has 0 saturated carbocycles. The van der Waals surface area contributed by atoms with E-state index in [4.69, 9.17) is 19.5 Å². The van der Waals surface area contributed by atoms with Gasteiger partial charge in [0.05, 0.1) is 12.1 Å². The number of hydrogen-bond donors (Lipinski definition) is 0. The molecule has 38 heavy (non-hydrogen) atoms. The van der Waals surface area contributed by atoms with Crippen LogP contribution in [0.1, 0.15) is 33.4 Å². The molecule has 2 atom stereocenters. The van der Waals surface area contributed by atoms with Crippen LogP contribution in [0.5, 0.6) is 0 Å². The topological polar surface area (TPSA) is 43.2 Å². The molecule has 0 fully saturated rings. The van der Waals surface area contributed by atoms with Crippen molar-refractivity contribution in [3.8, 4) is 11.1 Å². The Morgan fingerprint density at radius 3 is 1.39 bits per heavy atom. The Bertz CT molecular complexity index is 1380. The van der Waals surface area contributed by atoms with Gasteiger partial charge < -0.3 is 9.47 Å². The summed E-state index contributed by atoms with van der Waals surface area (Å²) in [7, 11) is 0. The van der Waals surface area contributed by atoms with E-state index in [9.17, 15) is 0 Å². The Balaban J connectivity index is 1.35. The van der Waals surface area contributed by atoms with Crippen molar-refractivity contribution in [3.63, 3.8) is 0 Å². The highest BCUT2D eigenvalue weighted by Gasteiger charge is 2.28. The highest BCUT2D eigenvalue weighted by molar-refractivity contribution is 6.08. The third-order valence-electron chi connectivity index (χ3n) is 7.31. The molecule has 0 saturated heterocycles. The normalized spacial score (nSPS) is 18.5. The molecule has 190 valence electrons. The van der Waals surface area contributed by atoms with Crippen LogP contribution in [0.4, 0.5) is 0 Å². The van der Waals surface area contributed by atoms with Gasteiger partial charge in [-0.3, -0.25) is 0 Å². The molecule has 0 spiro atoms. The van der Waals surface area contributed by atoms with E-state index in [1.165, 1.54) is 22.3 Å². The molecule has 4 aromatic rings. The molecule has 0 N–H and O–H groups in total. The minimum Gasteiger partial charge on any atom is -0.475 e. The average molecular weight is 501 g/mol. The molecule has 0 aromatic heterocycles. The summed E-state index contributed by atoms with van der Waals surface area (Å²) >= 11 is 0. The zero-order valence-corrected chi connectivity index (χ0v) is 21.9. The van der Waals surface area contributed by atoms with Crippen molar-refractivity contribution in [2.24, 2.45) is 9.98 Å². The molecule has 2 heterocycles. The first-order valence-electron chi connectivity index (χ1n) is 13.3. The predicted octanol–water partition coefficient (Wildman–Crippen LogP) is 6.75. The smallest absolute Gasteiger partial charge is 0.217 e. The molecule has 0 amide bonds. The van der Waals surface area contributed by atoms with Crippen LogP contribution in [-0.2, 0) is 22.3 Å². The Kier molecular flexibility index (Phi) is 6.78. The van der Waals surface area contributed by atoms with Crippen molar-refractivity contribution in [1.29, 1.82) is 0 Å². The fourth-order valence-electron chi connectivity index (χ4n) is 5.46. The monoisotopic (exact) mass is 500 g/mol. The van der Waals surface area contributed by atoms with Gasteiger partial charge in [-0.2, -0.15) is 0 Å². The summed E-state index contributed by atoms with van der Waals surface area (Å²) in [5, 5.41) is 0. The second-order valence-electron chi connectivity index (χ2n) is 10.2. The van der Waals surface area contributed by atoms with Gasteiger partial charge in [0.15, 0.2) is 0 Å². The molecule has 4 nitrogen and oxygen atoms in total. The number of aliphatic imine (C=N–C) groups is 2. The summed E-state index contributed by atoms with van der Waals surface area (Å²) in [6, 6.07) is 33.9. The van der Waals surface area contributed by atoms with Crippen LogP contribution in [0.3, 0.4) is 0 Å². The largest absolute Gasteiger partial charge is 0.475 e. The van der Waals surface area contributed by atoms with E-state index in [2.05, 4.69) is 98.8 Å². The number of rotatable bonds is 7. The number of ether oxygens (including phenoxy) is 2. The number of benzene rings is 4. The van der Waals surface area contributed by atoms with Gasteiger partial charge in [-0.1, -0.05) is 84.9 Å². The SMILES string of the molecule is Cc1cccc(C2=N[C@@H](Cc3ccccc3)CO2)c1-c1c(C)cccc1C1=N[C@@H](Cc2ccccc2)CO1. The Morgan fingerprint density at radius 2 is 0.974 bits per heavy atom. The Labute approximate surface area is 224 Å². The van der Waals surface area contributed by atoms with Crippen molar-refractivity contribution in [2.45, 2.75) is 38.8 Å². The molecule has 2 aliphatic heterocycles. The summed E-state index contributed by atoms with van der Waals surface area (Å²) < 4.78 is 12.4. The fourth-order valence-corrected chi connectivity index (χ4v) is 5.46. The van der Waals surface area contributed by atoms with Crippen LogP contribution in [0.2, 0.25) is 0 Å². The maximum Gasteiger partial charge on any atom is 0.217 e. The lowest BCUT2D eigenvalue weighted by Crippen LogP contribution is -2.10. The standard InChI is InChI=1S/C34H32N2O2/c1-23-11-9-17-29(33-35-27(21-37-33)19-25-13-5-3-6-14-25)31(23)32-24(2)12-10-18-30(32)34-36-28(22-38-34)20-26-15-7-4-8-16-26/h3-18,27-28H,19-22H2,1-2H3/t27-,28-/m0/s1. The van der Waals surface area contributed by atoms with Gasteiger partial charge in [0, 0.05) is 11.1 Å². The van der Waals surface area contributed by atoms with Crippen LogP contribution in [0.15, 0.2) is 107 Å². The lowest BCUT2D eigenvalue weighted by atomic mass is 9.88. The van der Waals surface area contributed by atoms with Gasteiger partial charge >= 0.3 is 0 Å². The molecule has 0 aliphatic carbocycles. The molecular formula is C34H32N2O2. The van der Waals surface area contributed by atoms with Gasteiger partial charge in [-0.25, -0.2) is 9.98 Å². The van der Waals surface area contributed by atoms with Crippen LogP contribution < -0.4 is 0 Å². The van der Waals surface area contributed by atoms with E-state index in [0.29, 0.717) is 13.2 Å². The molecule has 0 radical (unpaired) electrons. The minimum atomic E-state index is 0.110. The van der Waals surface area contributed by atoms with Crippen molar-refractivity contribution in [1.82, 2.24) is 0 Å². The summed E-state index contributed by atoms with van der Waals surface area (Å²) in [4.78, 5) is 10.1. The Hall–Kier alpha value is -4.18. The lowest BCUT2D eigenvalue weighted by molar-refractivity contribution is 0.316. The zero-order chi connectivity index (χ0) is 25.9. The Morgan fingerprint density at radius 1 is 0.553 bits per heavy atom. The molecule has 4 heteroatoms. The first kappa shape index (κ1) is 24.2. The van der Waals surface area contributed by atoms with Crippen molar-refractivity contribution in [2.75, 3.05) is 13.2 Å². The van der Waals surface area contributed by atoms with E-state index in [-0.39, 0.29) is 12.1 Å². The van der Waals surface area contributed by atoms with Crippen molar-refractivity contribution < 1.29 is 9.47 Å². The van der Waals surface area contributed by atoms with Crippen LogP contribution in [0.25, 0.3) is 11.1 Å². The predicted molar refractivity (Wildman–Crippen MR) is 154 cm³/mol. The molecule has 2 aliphatic rings. The van der Waals surface area contributed by atoms with Gasteiger partial charge in [-0.15, -0.1) is 0 Å². The van der Waals surface area contributed by atoms with E-state index in [1.807, 2.05) is 12.1 Å². The average Bonchev–Trinajstić information content (AvgIpc) is 3.60. The summed E-state index contributed by atoms with van der Waals surface area (Å²) in [5.41, 5.74) is 9.23. The first-order valence-corrected chi connectivity index (χ1v) is 13.3. The number of aryl methyl sites for hydroxylation is 2. The summed E-state index contributed by atoms with van der Waals surface area (Å²) in [6.45, 7) is 5.49. The third-order valence-corrected chi connectivity index (χ3v) is 7.31. The van der Waals surface area contributed by atoms with E-state index < -0.39 is 0 Å². The maximum atomic E-state index is 6.22. The van der Waals surface area contributed by atoms with E-state index >= 15 is 0 Å². The molecule has 0 unspecified atom stereocenters. The summed E-state index contributed by atoms with van der Waals surface area (Å²) in [5.74, 6) is 1.44. The highest BCUT2D eigenvalue weighted by Crippen LogP contribution is 2.36. The second-order valence-corrected chi connectivity index (χ2v) is 10.2. The van der Waals surface area contributed by atoms with E-state index in [0.717, 1.165) is 46.9 Å². The molecule has 0 bridgehead atoms. The fraction of sp³-hybridized carbons (Fsp3) is 0.235. The number of hydrogen-bond acceptors (Lipinski definition) is 4.